The number of pyridine rings is 1. The summed E-state index contributed by atoms with van der Waals surface area (Å²) in [5.41, 5.74) is 0.462. The summed E-state index contributed by atoms with van der Waals surface area (Å²) in [6, 6.07) is 6.97. The van der Waals surface area contributed by atoms with Crippen molar-refractivity contribution < 1.29 is 17.2 Å². The molecule has 0 fully saturated rings. The average molecular weight is 374 g/mol. The second-order valence-electron chi connectivity index (χ2n) is 4.68. The molecule has 0 saturated carbocycles. The molecule has 0 atom stereocenters. The van der Waals surface area contributed by atoms with Crippen LogP contribution in [-0.2, 0) is 9.84 Å². The van der Waals surface area contributed by atoms with Crippen LogP contribution in [0.15, 0.2) is 52.4 Å². The van der Waals surface area contributed by atoms with Gasteiger partial charge in [0.1, 0.15) is 4.90 Å². The van der Waals surface area contributed by atoms with Crippen LogP contribution in [0.1, 0.15) is 0 Å². The number of fused-ring (bicyclic) bond motifs is 1. The normalized spacial score (nSPS) is 11.8. The van der Waals surface area contributed by atoms with E-state index in [0.29, 0.717) is 22.0 Å². The molecule has 0 bridgehead atoms. The monoisotopic (exact) mass is 373 g/mol. The minimum absolute atomic E-state index is 0.0813. The SMILES string of the molecule is O=S(=O)(c1ccc(F)c(F)c1)c1cnc2ccc(Cl)cc2c1Cl. The van der Waals surface area contributed by atoms with Gasteiger partial charge < -0.3 is 0 Å². The third kappa shape index (κ3) is 2.78. The van der Waals surface area contributed by atoms with E-state index in [1.807, 2.05) is 0 Å². The first-order chi connectivity index (χ1) is 10.8. The van der Waals surface area contributed by atoms with Crippen molar-refractivity contribution in [2.45, 2.75) is 9.79 Å². The third-order valence-corrected chi connectivity index (χ3v) is 5.74. The Hall–Kier alpha value is -1.76. The summed E-state index contributed by atoms with van der Waals surface area (Å²) >= 11 is 12.1. The van der Waals surface area contributed by atoms with Gasteiger partial charge in [0.05, 0.1) is 15.4 Å². The highest BCUT2D eigenvalue weighted by Gasteiger charge is 2.24. The standard InChI is InChI=1S/C15H7Cl2F2NO2S/c16-8-1-4-13-10(5-8)15(17)14(7-20-13)23(21,22)9-2-3-11(18)12(19)6-9/h1-7H. The van der Waals surface area contributed by atoms with Gasteiger partial charge in [0, 0.05) is 16.6 Å². The summed E-state index contributed by atoms with van der Waals surface area (Å²) in [5, 5.41) is 0.633. The van der Waals surface area contributed by atoms with Crippen LogP contribution < -0.4 is 0 Å². The van der Waals surface area contributed by atoms with Crippen molar-refractivity contribution in [2.75, 3.05) is 0 Å². The van der Waals surface area contributed by atoms with E-state index in [4.69, 9.17) is 23.2 Å². The number of nitrogens with zero attached hydrogens (tertiary/aromatic N) is 1. The topological polar surface area (TPSA) is 47.0 Å². The lowest BCUT2D eigenvalue weighted by Crippen LogP contribution is -2.05. The highest BCUT2D eigenvalue weighted by molar-refractivity contribution is 7.91. The second kappa shape index (κ2) is 5.70. The van der Waals surface area contributed by atoms with Gasteiger partial charge >= 0.3 is 0 Å². The summed E-state index contributed by atoms with van der Waals surface area (Å²) < 4.78 is 51.5. The Kier molecular flexibility index (Phi) is 4.00. The van der Waals surface area contributed by atoms with Crippen LogP contribution in [0.25, 0.3) is 10.9 Å². The molecular formula is C15H7Cl2F2NO2S. The van der Waals surface area contributed by atoms with Crippen molar-refractivity contribution >= 4 is 43.9 Å². The lowest BCUT2D eigenvalue weighted by Gasteiger charge is -2.09. The Labute approximate surface area is 140 Å². The van der Waals surface area contributed by atoms with Crippen molar-refractivity contribution in [1.29, 1.82) is 0 Å². The number of hydrogen-bond donors (Lipinski definition) is 0. The number of halogens is 4. The molecule has 0 aliphatic heterocycles. The molecule has 118 valence electrons. The highest BCUT2D eigenvalue weighted by atomic mass is 35.5. The molecule has 3 nitrogen and oxygen atoms in total. The lowest BCUT2D eigenvalue weighted by atomic mass is 10.2. The molecule has 23 heavy (non-hydrogen) atoms. The first-order valence-corrected chi connectivity index (χ1v) is 8.48. The Morgan fingerprint density at radius 3 is 2.39 bits per heavy atom. The molecule has 0 spiro atoms. The van der Waals surface area contributed by atoms with Crippen LogP contribution in [0.5, 0.6) is 0 Å². The van der Waals surface area contributed by atoms with Crippen molar-refractivity contribution in [3.05, 3.63) is 64.3 Å². The van der Waals surface area contributed by atoms with E-state index in [-0.39, 0.29) is 9.92 Å². The van der Waals surface area contributed by atoms with E-state index in [0.717, 1.165) is 18.3 Å². The van der Waals surface area contributed by atoms with Crippen molar-refractivity contribution in [3.8, 4) is 0 Å². The molecule has 0 aliphatic carbocycles. The Morgan fingerprint density at radius 1 is 0.957 bits per heavy atom. The van der Waals surface area contributed by atoms with E-state index in [1.54, 1.807) is 12.1 Å². The van der Waals surface area contributed by atoms with Gasteiger partial charge in [-0.3, -0.25) is 4.98 Å². The molecule has 1 aromatic heterocycles. The first-order valence-electron chi connectivity index (χ1n) is 6.24. The van der Waals surface area contributed by atoms with E-state index in [2.05, 4.69) is 4.98 Å². The smallest absolute Gasteiger partial charge is 0.209 e. The van der Waals surface area contributed by atoms with E-state index >= 15 is 0 Å². The van der Waals surface area contributed by atoms with Crippen molar-refractivity contribution in [3.63, 3.8) is 0 Å². The molecule has 2 aromatic carbocycles. The van der Waals surface area contributed by atoms with E-state index < -0.39 is 26.4 Å². The summed E-state index contributed by atoms with van der Waals surface area (Å²) in [7, 11) is -4.16. The molecule has 0 aliphatic rings. The van der Waals surface area contributed by atoms with E-state index in [9.17, 15) is 17.2 Å². The number of hydrogen-bond acceptors (Lipinski definition) is 3. The molecular weight excluding hydrogens is 367 g/mol. The lowest BCUT2D eigenvalue weighted by molar-refractivity contribution is 0.504. The van der Waals surface area contributed by atoms with Gasteiger partial charge in [0.25, 0.3) is 0 Å². The van der Waals surface area contributed by atoms with Crippen LogP contribution in [0.3, 0.4) is 0 Å². The minimum Gasteiger partial charge on any atom is -0.255 e. The van der Waals surface area contributed by atoms with Crippen LogP contribution >= 0.6 is 23.2 Å². The Morgan fingerprint density at radius 2 is 1.70 bits per heavy atom. The number of sulfone groups is 1. The molecule has 0 unspecified atom stereocenters. The number of rotatable bonds is 2. The van der Waals surface area contributed by atoms with Crippen molar-refractivity contribution in [1.82, 2.24) is 4.98 Å². The second-order valence-corrected chi connectivity index (χ2v) is 7.41. The first kappa shape index (κ1) is 16.1. The van der Waals surface area contributed by atoms with Crippen LogP contribution in [0, 0.1) is 11.6 Å². The zero-order valence-corrected chi connectivity index (χ0v) is 13.6. The van der Waals surface area contributed by atoms with Crippen LogP contribution in [0.2, 0.25) is 10.0 Å². The Bertz CT molecular complexity index is 1040. The highest BCUT2D eigenvalue weighted by Crippen LogP contribution is 2.33. The molecule has 0 amide bonds. The van der Waals surface area contributed by atoms with Gasteiger partial charge in [0.15, 0.2) is 11.6 Å². The summed E-state index contributed by atoms with van der Waals surface area (Å²) in [4.78, 5) is 3.30. The summed E-state index contributed by atoms with van der Waals surface area (Å²) in [5.74, 6) is -2.41. The zero-order chi connectivity index (χ0) is 16.8. The predicted octanol–water partition coefficient (Wildman–Crippen LogP) is 4.65. The van der Waals surface area contributed by atoms with Gasteiger partial charge in [-0.15, -0.1) is 0 Å². The van der Waals surface area contributed by atoms with Gasteiger partial charge in [-0.05, 0) is 36.4 Å². The Balaban J connectivity index is 2.26. The molecule has 0 N–H and O–H groups in total. The van der Waals surface area contributed by atoms with Crippen LogP contribution in [-0.4, -0.2) is 13.4 Å². The zero-order valence-electron chi connectivity index (χ0n) is 11.2. The molecule has 8 heteroatoms. The maximum absolute atomic E-state index is 13.3. The molecule has 0 radical (unpaired) electrons. The van der Waals surface area contributed by atoms with Gasteiger partial charge in [0.2, 0.25) is 9.84 Å². The maximum Gasteiger partial charge on any atom is 0.209 e. The summed E-state index contributed by atoms with van der Waals surface area (Å²) in [6.07, 6.45) is 1.08. The van der Waals surface area contributed by atoms with Crippen LogP contribution in [0.4, 0.5) is 8.78 Å². The molecule has 3 rings (SSSR count). The molecule has 0 saturated heterocycles. The van der Waals surface area contributed by atoms with E-state index in [1.165, 1.54) is 6.07 Å². The molecule has 3 aromatic rings. The predicted molar refractivity (Wildman–Crippen MR) is 83.6 cm³/mol. The average Bonchev–Trinajstić information content (AvgIpc) is 2.50. The maximum atomic E-state index is 13.3. The number of aromatic nitrogens is 1. The third-order valence-electron chi connectivity index (χ3n) is 3.22. The minimum atomic E-state index is -4.16. The van der Waals surface area contributed by atoms with Gasteiger partial charge in [-0.2, -0.15) is 0 Å². The fourth-order valence-corrected chi connectivity index (χ4v) is 4.05. The molecule has 1 heterocycles. The fraction of sp³-hybridized carbons (Fsp3) is 0. The summed E-state index contributed by atoms with van der Waals surface area (Å²) in [6.45, 7) is 0. The quantitative estimate of drug-likeness (QED) is 0.614. The number of benzene rings is 2. The largest absolute Gasteiger partial charge is 0.255 e. The fourth-order valence-electron chi connectivity index (χ4n) is 2.07. The van der Waals surface area contributed by atoms with Gasteiger partial charge in [-0.25, -0.2) is 17.2 Å². The van der Waals surface area contributed by atoms with Gasteiger partial charge in [-0.1, -0.05) is 23.2 Å². The van der Waals surface area contributed by atoms with Crippen molar-refractivity contribution in [2.24, 2.45) is 0 Å².